The van der Waals surface area contributed by atoms with Crippen LogP contribution in [0.25, 0.3) is 0 Å². The second-order valence-corrected chi connectivity index (χ2v) is 6.59. The normalized spacial score (nSPS) is 29.6. The van der Waals surface area contributed by atoms with Gasteiger partial charge in [-0.2, -0.15) is 0 Å². The lowest BCUT2D eigenvalue weighted by Gasteiger charge is -2.40. The molecule has 2 fully saturated rings. The average molecular weight is 287 g/mol. The summed E-state index contributed by atoms with van der Waals surface area (Å²) in [6.07, 6.45) is 6.12. The number of aryl methyl sites for hydroxylation is 1. The minimum absolute atomic E-state index is 0.138. The lowest BCUT2D eigenvalue weighted by atomic mass is 9.87. The number of aliphatic hydroxyl groups excluding tert-OH is 1. The number of rotatable bonds is 2. The Morgan fingerprint density at radius 3 is 2.52 bits per heavy atom. The van der Waals surface area contributed by atoms with Gasteiger partial charge in [-0.25, -0.2) is 0 Å². The molecule has 1 aliphatic carbocycles. The van der Waals surface area contributed by atoms with Crippen LogP contribution in [0.15, 0.2) is 24.3 Å². The van der Waals surface area contributed by atoms with E-state index in [0.717, 1.165) is 44.2 Å². The summed E-state index contributed by atoms with van der Waals surface area (Å²) in [7, 11) is 0. The Morgan fingerprint density at radius 1 is 1.10 bits per heavy atom. The molecule has 3 rings (SSSR count). The van der Waals surface area contributed by atoms with E-state index in [1.165, 1.54) is 12.0 Å². The van der Waals surface area contributed by atoms with Crippen LogP contribution in [-0.4, -0.2) is 34.6 Å². The van der Waals surface area contributed by atoms with Gasteiger partial charge in [-0.1, -0.05) is 24.1 Å². The van der Waals surface area contributed by atoms with Gasteiger partial charge in [-0.3, -0.25) is 4.79 Å². The Kier molecular flexibility index (Phi) is 4.29. The summed E-state index contributed by atoms with van der Waals surface area (Å²) in [5.41, 5.74) is 1.95. The van der Waals surface area contributed by atoms with Gasteiger partial charge in [0.2, 0.25) is 0 Å². The van der Waals surface area contributed by atoms with Gasteiger partial charge in [-0.15, -0.1) is 0 Å². The van der Waals surface area contributed by atoms with E-state index < -0.39 is 0 Å². The highest BCUT2D eigenvalue weighted by Gasteiger charge is 2.38. The minimum atomic E-state index is -0.221. The summed E-state index contributed by atoms with van der Waals surface area (Å²) < 4.78 is 0. The summed E-state index contributed by atoms with van der Waals surface area (Å²) >= 11 is 0. The highest BCUT2D eigenvalue weighted by atomic mass is 16.3. The third-order valence-corrected chi connectivity index (χ3v) is 5.13. The molecular formula is C18H25NO2. The Hall–Kier alpha value is -1.35. The summed E-state index contributed by atoms with van der Waals surface area (Å²) in [4.78, 5) is 14.9. The molecular weight excluding hydrogens is 262 g/mol. The first-order chi connectivity index (χ1) is 10.2. The van der Waals surface area contributed by atoms with Crippen LogP contribution >= 0.6 is 0 Å². The maximum absolute atomic E-state index is 12.8. The number of hydrogen-bond donors (Lipinski definition) is 1. The molecule has 1 aromatic rings. The number of aliphatic hydroxyl groups is 1. The number of piperidine rings is 1. The first-order valence-electron chi connectivity index (χ1n) is 8.22. The number of benzene rings is 1. The average Bonchev–Trinajstić information content (AvgIpc) is 2.93. The van der Waals surface area contributed by atoms with Gasteiger partial charge in [0.15, 0.2) is 0 Å². The topological polar surface area (TPSA) is 40.5 Å². The molecule has 3 nitrogen and oxygen atoms in total. The molecule has 114 valence electrons. The minimum Gasteiger partial charge on any atom is -0.393 e. The molecule has 0 radical (unpaired) electrons. The number of carbonyl (C=O) groups excluding carboxylic acids is 1. The number of carbonyl (C=O) groups is 1. The predicted molar refractivity (Wildman–Crippen MR) is 83.2 cm³/mol. The van der Waals surface area contributed by atoms with E-state index >= 15 is 0 Å². The fraction of sp³-hybridized carbons (Fsp3) is 0.611. The Morgan fingerprint density at radius 2 is 1.86 bits per heavy atom. The first-order valence-corrected chi connectivity index (χ1v) is 8.22. The van der Waals surface area contributed by atoms with Crippen molar-refractivity contribution in [2.45, 2.75) is 57.6 Å². The standard InChI is InChI=1S/C18H25NO2/c1-13-8-10-14(11-9-13)18(21)19-12-3-2-6-16(19)15-5-4-7-17(15)20/h8-11,15-17,20H,2-7,12H2,1H3. The third kappa shape index (κ3) is 2.98. The van der Waals surface area contributed by atoms with Crippen molar-refractivity contribution in [3.63, 3.8) is 0 Å². The zero-order chi connectivity index (χ0) is 14.8. The fourth-order valence-corrected chi connectivity index (χ4v) is 3.93. The number of amides is 1. The molecule has 2 aliphatic rings. The quantitative estimate of drug-likeness (QED) is 0.907. The zero-order valence-corrected chi connectivity index (χ0v) is 12.8. The summed E-state index contributed by atoms with van der Waals surface area (Å²) in [5.74, 6) is 0.415. The van der Waals surface area contributed by atoms with E-state index in [1.807, 2.05) is 36.1 Å². The molecule has 1 aromatic carbocycles. The van der Waals surface area contributed by atoms with E-state index in [9.17, 15) is 9.90 Å². The van der Waals surface area contributed by atoms with Crippen molar-refractivity contribution in [3.8, 4) is 0 Å². The van der Waals surface area contributed by atoms with Crippen LogP contribution in [-0.2, 0) is 0 Å². The molecule has 0 aromatic heterocycles. The van der Waals surface area contributed by atoms with Crippen molar-refractivity contribution in [1.82, 2.24) is 4.90 Å². The van der Waals surface area contributed by atoms with Crippen LogP contribution in [0.3, 0.4) is 0 Å². The van der Waals surface area contributed by atoms with E-state index in [1.54, 1.807) is 0 Å². The zero-order valence-electron chi connectivity index (χ0n) is 12.8. The molecule has 21 heavy (non-hydrogen) atoms. The number of likely N-dealkylation sites (tertiary alicyclic amines) is 1. The van der Waals surface area contributed by atoms with E-state index in [2.05, 4.69) is 0 Å². The second-order valence-electron chi connectivity index (χ2n) is 6.59. The van der Waals surface area contributed by atoms with Gasteiger partial charge >= 0.3 is 0 Å². The molecule has 3 heteroatoms. The monoisotopic (exact) mass is 287 g/mol. The smallest absolute Gasteiger partial charge is 0.254 e. The van der Waals surface area contributed by atoms with E-state index in [4.69, 9.17) is 0 Å². The molecule has 1 heterocycles. The van der Waals surface area contributed by atoms with Crippen LogP contribution < -0.4 is 0 Å². The van der Waals surface area contributed by atoms with Crippen molar-refractivity contribution >= 4 is 5.91 Å². The predicted octanol–water partition coefficient (Wildman–Crippen LogP) is 3.15. The van der Waals surface area contributed by atoms with Crippen molar-refractivity contribution in [3.05, 3.63) is 35.4 Å². The second kappa shape index (κ2) is 6.18. The van der Waals surface area contributed by atoms with Gasteiger partial charge in [-0.05, 0) is 51.2 Å². The van der Waals surface area contributed by atoms with Gasteiger partial charge in [0.25, 0.3) is 5.91 Å². The molecule has 3 atom stereocenters. The Bertz CT molecular complexity index is 496. The molecule has 1 saturated heterocycles. The molecule has 1 amide bonds. The summed E-state index contributed by atoms with van der Waals surface area (Å²) in [6.45, 7) is 2.87. The van der Waals surface area contributed by atoms with Crippen molar-refractivity contribution < 1.29 is 9.90 Å². The molecule has 0 bridgehead atoms. The van der Waals surface area contributed by atoms with Gasteiger partial charge in [0.05, 0.1) is 6.10 Å². The maximum atomic E-state index is 12.8. The fourth-order valence-electron chi connectivity index (χ4n) is 3.93. The van der Waals surface area contributed by atoms with Crippen molar-refractivity contribution in [2.75, 3.05) is 6.54 Å². The molecule has 1 N–H and O–H groups in total. The summed E-state index contributed by atoms with van der Waals surface area (Å²) in [5, 5.41) is 10.2. The lowest BCUT2D eigenvalue weighted by Crippen LogP contribution is -2.49. The number of hydrogen-bond acceptors (Lipinski definition) is 2. The lowest BCUT2D eigenvalue weighted by molar-refractivity contribution is 0.0288. The first kappa shape index (κ1) is 14.6. The molecule has 1 aliphatic heterocycles. The van der Waals surface area contributed by atoms with Crippen LogP contribution in [0, 0.1) is 12.8 Å². The van der Waals surface area contributed by atoms with E-state index in [0.29, 0.717) is 0 Å². The summed E-state index contributed by atoms with van der Waals surface area (Å²) in [6, 6.07) is 8.07. The SMILES string of the molecule is Cc1ccc(C(=O)N2CCCCC2C2CCCC2O)cc1. The van der Waals surface area contributed by atoms with Crippen molar-refractivity contribution in [2.24, 2.45) is 5.92 Å². The largest absolute Gasteiger partial charge is 0.393 e. The highest BCUT2D eigenvalue weighted by Crippen LogP contribution is 2.35. The Labute approximate surface area is 127 Å². The van der Waals surface area contributed by atoms with Crippen LogP contribution in [0.5, 0.6) is 0 Å². The van der Waals surface area contributed by atoms with Crippen LogP contribution in [0.1, 0.15) is 54.4 Å². The molecule has 3 unspecified atom stereocenters. The van der Waals surface area contributed by atoms with Gasteiger partial charge in [0.1, 0.15) is 0 Å². The number of nitrogens with zero attached hydrogens (tertiary/aromatic N) is 1. The van der Waals surface area contributed by atoms with Gasteiger partial charge < -0.3 is 10.0 Å². The third-order valence-electron chi connectivity index (χ3n) is 5.13. The Balaban J connectivity index is 1.80. The van der Waals surface area contributed by atoms with Crippen LogP contribution in [0.2, 0.25) is 0 Å². The van der Waals surface area contributed by atoms with Crippen LogP contribution in [0.4, 0.5) is 0 Å². The molecule has 0 spiro atoms. The maximum Gasteiger partial charge on any atom is 0.254 e. The van der Waals surface area contributed by atoms with E-state index in [-0.39, 0.29) is 24.0 Å². The molecule has 1 saturated carbocycles. The van der Waals surface area contributed by atoms with Gasteiger partial charge in [0, 0.05) is 24.1 Å². The van der Waals surface area contributed by atoms with Crippen molar-refractivity contribution in [1.29, 1.82) is 0 Å². The highest BCUT2D eigenvalue weighted by molar-refractivity contribution is 5.94.